The molecule has 2 aromatic carbocycles. The van der Waals surface area contributed by atoms with Crippen molar-refractivity contribution in [3.05, 3.63) is 60.2 Å². The number of carbonyl (C=O) groups is 2. The number of hydrogen-bond donors (Lipinski definition) is 1. The molecule has 1 N–H and O–H groups in total. The minimum atomic E-state index is -0.259. The van der Waals surface area contributed by atoms with Gasteiger partial charge in [0.2, 0.25) is 0 Å². The van der Waals surface area contributed by atoms with E-state index >= 15 is 0 Å². The van der Waals surface area contributed by atoms with E-state index in [0.29, 0.717) is 17.0 Å². The molecular formula is C21H24N2O3. The van der Waals surface area contributed by atoms with Crippen LogP contribution in [0.4, 0.5) is 5.69 Å². The highest BCUT2D eigenvalue weighted by molar-refractivity contribution is 6.06. The highest BCUT2D eigenvalue weighted by Crippen LogP contribution is 2.21. The summed E-state index contributed by atoms with van der Waals surface area (Å²) in [5, 5.41) is 2.84. The Morgan fingerprint density at radius 3 is 2.58 bits per heavy atom. The van der Waals surface area contributed by atoms with Gasteiger partial charge >= 0.3 is 0 Å². The van der Waals surface area contributed by atoms with Gasteiger partial charge in [0, 0.05) is 18.3 Å². The van der Waals surface area contributed by atoms with Crippen molar-refractivity contribution < 1.29 is 14.3 Å². The van der Waals surface area contributed by atoms with Gasteiger partial charge in [0.15, 0.2) is 6.61 Å². The number of anilines is 1. The maximum Gasteiger partial charge on any atom is 0.260 e. The van der Waals surface area contributed by atoms with Gasteiger partial charge in [-0.15, -0.1) is 0 Å². The van der Waals surface area contributed by atoms with E-state index in [0.717, 1.165) is 25.8 Å². The number of amides is 2. The summed E-state index contributed by atoms with van der Waals surface area (Å²) >= 11 is 0. The Labute approximate surface area is 154 Å². The van der Waals surface area contributed by atoms with Crippen LogP contribution in [-0.4, -0.2) is 35.9 Å². The molecule has 0 radical (unpaired) electrons. The van der Waals surface area contributed by atoms with Crippen LogP contribution >= 0.6 is 0 Å². The van der Waals surface area contributed by atoms with Gasteiger partial charge in [0.1, 0.15) is 5.75 Å². The molecule has 1 aliphatic rings. The van der Waals surface area contributed by atoms with E-state index in [9.17, 15) is 9.59 Å². The molecule has 2 amide bonds. The first kappa shape index (κ1) is 18.0. The minimum absolute atomic E-state index is 0.0320. The average Bonchev–Trinajstić information content (AvgIpc) is 2.67. The summed E-state index contributed by atoms with van der Waals surface area (Å²) < 4.78 is 5.71. The van der Waals surface area contributed by atoms with Crippen LogP contribution in [0.15, 0.2) is 54.6 Å². The summed E-state index contributed by atoms with van der Waals surface area (Å²) in [5.41, 5.74) is 1.13. The molecule has 5 heteroatoms. The van der Waals surface area contributed by atoms with E-state index in [-0.39, 0.29) is 24.5 Å². The summed E-state index contributed by atoms with van der Waals surface area (Å²) in [5.74, 6) is 0.125. The van der Waals surface area contributed by atoms with Crippen LogP contribution in [0, 0.1) is 0 Å². The Morgan fingerprint density at radius 1 is 1.08 bits per heavy atom. The molecule has 0 aliphatic carbocycles. The molecule has 0 spiro atoms. The van der Waals surface area contributed by atoms with E-state index in [1.54, 1.807) is 24.3 Å². The second-order valence-corrected chi connectivity index (χ2v) is 6.54. The van der Waals surface area contributed by atoms with Gasteiger partial charge < -0.3 is 15.0 Å². The number of carbonyl (C=O) groups excluding carboxylic acids is 2. The number of para-hydroxylation sites is 2. The summed E-state index contributed by atoms with van der Waals surface area (Å²) in [4.78, 5) is 26.9. The number of nitrogens with one attached hydrogen (secondary N) is 1. The summed E-state index contributed by atoms with van der Waals surface area (Å²) in [6.07, 6.45) is 3.22. The first-order chi connectivity index (χ1) is 12.6. The van der Waals surface area contributed by atoms with Crippen molar-refractivity contribution in [3.8, 4) is 5.75 Å². The lowest BCUT2D eigenvalue weighted by molar-refractivity contribution is -0.136. The van der Waals surface area contributed by atoms with Crippen LogP contribution in [0.5, 0.6) is 5.75 Å². The Kier molecular flexibility index (Phi) is 5.89. The minimum Gasteiger partial charge on any atom is -0.483 e. The molecule has 1 saturated heterocycles. The normalized spacial score (nSPS) is 16.8. The third kappa shape index (κ3) is 4.42. The van der Waals surface area contributed by atoms with Crippen LogP contribution < -0.4 is 10.1 Å². The largest absolute Gasteiger partial charge is 0.483 e. The van der Waals surface area contributed by atoms with Gasteiger partial charge in [0.25, 0.3) is 11.8 Å². The maximum absolute atomic E-state index is 12.5. The lowest BCUT2D eigenvalue weighted by Crippen LogP contribution is -2.44. The van der Waals surface area contributed by atoms with Crippen molar-refractivity contribution in [2.24, 2.45) is 0 Å². The van der Waals surface area contributed by atoms with Crippen molar-refractivity contribution in [2.45, 2.75) is 32.2 Å². The van der Waals surface area contributed by atoms with Crippen molar-refractivity contribution in [3.63, 3.8) is 0 Å². The number of ether oxygens (including phenoxy) is 1. The van der Waals surface area contributed by atoms with Crippen LogP contribution in [-0.2, 0) is 4.79 Å². The van der Waals surface area contributed by atoms with Crippen molar-refractivity contribution >= 4 is 17.5 Å². The zero-order chi connectivity index (χ0) is 18.4. The molecule has 2 aromatic rings. The lowest BCUT2D eigenvalue weighted by Gasteiger charge is -2.33. The highest BCUT2D eigenvalue weighted by atomic mass is 16.5. The van der Waals surface area contributed by atoms with E-state index in [2.05, 4.69) is 12.2 Å². The fourth-order valence-corrected chi connectivity index (χ4v) is 3.19. The first-order valence-electron chi connectivity index (χ1n) is 9.03. The van der Waals surface area contributed by atoms with Gasteiger partial charge in [-0.05, 0) is 50.5 Å². The van der Waals surface area contributed by atoms with Gasteiger partial charge in [-0.2, -0.15) is 0 Å². The van der Waals surface area contributed by atoms with Crippen molar-refractivity contribution in [2.75, 3.05) is 18.5 Å². The molecular weight excluding hydrogens is 328 g/mol. The molecule has 0 aromatic heterocycles. The number of likely N-dealkylation sites (tertiary alicyclic amines) is 1. The zero-order valence-corrected chi connectivity index (χ0v) is 15.0. The van der Waals surface area contributed by atoms with E-state index in [4.69, 9.17) is 4.74 Å². The molecule has 5 nitrogen and oxygen atoms in total. The van der Waals surface area contributed by atoms with Crippen molar-refractivity contribution in [1.82, 2.24) is 4.90 Å². The van der Waals surface area contributed by atoms with Crippen LogP contribution in [0.1, 0.15) is 36.5 Å². The Bertz CT molecular complexity index is 761. The molecule has 136 valence electrons. The van der Waals surface area contributed by atoms with Crippen molar-refractivity contribution in [1.29, 1.82) is 0 Å². The summed E-state index contributed by atoms with van der Waals surface area (Å²) in [6, 6.07) is 16.5. The Hall–Kier alpha value is -2.82. The molecule has 1 fully saturated rings. The molecule has 26 heavy (non-hydrogen) atoms. The molecule has 0 saturated carbocycles. The van der Waals surface area contributed by atoms with E-state index in [1.807, 2.05) is 35.2 Å². The van der Waals surface area contributed by atoms with Gasteiger partial charge in [-0.1, -0.05) is 30.3 Å². The molecule has 1 heterocycles. The maximum atomic E-state index is 12.5. The third-order valence-electron chi connectivity index (χ3n) is 4.64. The van der Waals surface area contributed by atoms with Crippen LogP contribution in [0.3, 0.4) is 0 Å². The van der Waals surface area contributed by atoms with Gasteiger partial charge in [-0.3, -0.25) is 9.59 Å². The number of hydrogen-bond acceptors (Lipinski definition) is 3. The SMILES string of the molecule is C[C@@H]1CCCCN1C(=O)COc1ccccc1C(=O)Nc1ccccc1. The monoisotopic (exact) mass is 352 g/mol. The summed E-state index contributed by atoms with van der Waals surface area (Å²) in [7, 11) is 0. The Morgan fingerprint density at radius 2 is 1.81 bits per heavy atom. The molecule has 0 bridgehead atoms. The number of piperidine rings is 1. The summed E-state index contributed by atoms with van der Waals surface area (Å²) in [6.45, 7) is 2.79. The smallest absolute Gasteiger partial charge is 0.260 e. The number of rotatable bonds is 5. The predicted molar refractivity (Wildman–Crippen MR) is 101 cm³/mol. The highest BCUT2D eigenvalue weighted by Gasteiger charge is 2.24. The quantitative estimate of drug-likeness (QED) is 0.892. The topological polar surface area (TPSA) is 58.6 Å². The number of benzene rings is 2. The standard InChI is InChI=1S/C21H24N2O3/c1-16-9-7-8-14-23(16)20(24)15-26-19-13-6-5-12-18(19)21(25)22-17-10-3-2-4-11-17/h2-6,10-13,16H,7-9,14-15H2,1H3,(H,22,25)/t16-/m1/s1. The van der Waals surface area contributed by atoms with Crippen LogP contribution in [0.25, 0.3) is 0 Å². The van der Waals surface area contributed by atoms with Gasteiger partial charge in [-0.25, -0.2) is 0 Å². The lowest BCUT2D eigenvalue weighted by atomic mass is 10.0. The van der Waals surface area contributed by atoms with E-state index in [1.165, 1.54) is 0 Å². The third-order valence-corrected chi connectivity index (χ3v) is 4.64. The molecule has 1 aliphatic heterocycles. The molecule has 0 unspecified atom stereocenters. The number of nitrogens with zero attached hydrogens (tertiary/aromatic N) is 1. The predicted octanol–water partition coefficient (Wildman–Crippen LogP) is 3.72. The molecule has 3 rings (SSSR count). The molecule has 1 atom stereocenters. The Balaban J connectivity index is 1.65. The zero-order valence-electron chi connectivity index (χ0n) is 15.0. The fourth-order valence-electron chi connectivity index (χ4n) is 3.19. The van der Waals surface area contributed by atoms with Crippen LogP contribution in [0.2, 0.25) is 0 Å². The van der Waals surface area contributed by atoms with E-state index < -0.39 is 0 Å². The average molecular weight is 352 g/mol. The second-order valence-electron chi connectivity index (χ2n) is 6.54. The second kappa shape index (κ2) is 8.52. The fraction of sp³-hybridized carbons (Fsp3) is 0.333. The van der Waals surface area contributed by atoms with Gasteiger partial charge in [0.05, 0.1) is 5.56 Å². The first-order valence-corrected chi connectivity index (χ1v) is 9.03.